The number of hydrogen-bond acceptors (Lipinski definition) is 8. The van der Waals surface area contributed by atoms with Crippen LogP contribution in [0.15, 0.2) is 76.7 Å². The molecule has 0 aliphatic carbocycles. The Labute approximate surface area is 208 Å². The van der Waals surface area contributed by atoms with Gasteiger partial charge in [0.2, 0.25) is 10.0 Å². The second-order valence-electron chi connectivity index (χ2n) is 7.79. The third kappa shape index (κ3) is 5.93. The van der Waals surface area contributed by atoms with Crippen LogP contribution >= 0.6 is 0 Å². The van der Waals surface area contributed by atoms with Gasteiger partial charge >= 0.3 is 0 Å². The molecule has 1 aliphatic rings. The number of benzene rings is 3. The molecular formula is C25H25N3O7S. The van der Waals surface area contributed by atoms with Gasteiger partial charge in [-0.3, -0.25) is 4.79 Å². The Balaban J connectivity index is 1.53. The van der Waals surface area contributed by atoms with Crippen molar-refractivity contribution < 1.29 is 32.5 Å². The molecule has 2 N–H and O–H groups in total. The van der Waals surface area contributed by atoms with E-state index in [-0.39, 0.29) is 22.9 Å². The lowest BCUT2D eigenvalue weighted by atomic mass is 10.2. The van der Waals surface area contributed by atoms with Crippen LogP contribution in [-0.4, -0.2) is 56.8 Å². The lowest BCUT2D eigenvalue weighted by molar-refractivity contribution is -0.121. The molecule has 0 bridgehead atoms. The summed E-state index contributed by atoms with van der Waals surface area (Å²) in [5, 5.41) is 13.6. The second kappa shape index (κ2) is 11.1. The van der Waals surface area contributed by atoms with Crippen LogP contribution in [0.1, 0.15) is 11.1 Å². The maximum atomic E-state index is 13.5. The third-order valence-corrected chi connectivity index (χ3v) is 7.07. The summed E-state index contributed by atoms with van der Waals surface area (Å²) in [4.78, 5) is 12.7. The number of rotatable bonds is 9. The Morgan fingerprint density at radius 1 is 1.08 bits per heavy atom. The Morgan fingerprint density at radius 3 is 2.58 bits per heavy atom. The SMILES string of the molecule is COc1cc(/C=N/NC(=O)CN(Cc2ccccc2)S(=O)(=O)c2ccc3c(c2)OCCO3)ccc1O. The number of hydrazone groups is 1. The first-order valence-electron chi connectivity index (χ1n) is 11.0. The molecular weight excluding hydrogens is 486 g/mol. The summed E-state index contributed by atoms with van der Waals surface area (Å²) in [6.07, 6.45) is 1.36. The number of phenols is 1. The fourth-order valence-electron chi connectivity index (χ4n) is 3.49. The Kier molecular flexibility index (Phi) is 7.71. The topological polar surface area (TPSA) is 127 Å². The molecule has 36 heavy (non-hydrogen) atoms. The van der Waals surface area contributed by atoms with Gasteiger partial charge in [0.15, 0.2) is 23.0 Å². The molecule has 1 aliphatic heterocycles. The van der Waals surface area contributed by atoms with E-state index in [1.54, 1.807) is 42.5 Å². The molecule has 1 amide bonds. The quantitative estimate of drug-likeness (QED) is 0.334. The van der Waals surface area contributed by atoms with E-state index in [9.17, 15) is 18.3 Å². The van der Waals surface area contributed by atoms with Gasteiger partial charge in [0, 0.05) is 12.6 Å². The van der Waals surface area contributed by atoms with E-state index in [0.29, 0.717) is 35.8 Å². The van der Waals surface area contributed by atoms with E-state index in [2.05, 4.69) is 10.5 Å². The predicted octanol–water partition coefficient (Wildman–Crippen LogP) is 2.51. The van der Waals surface area contributed by atoms with E-state index in [1.165, 1.54) is 31.5 Å². The lowest BCUT2D eigenvalue weighted by Gasteiger charge is -2.23. The first-order chi connectivity index (χ1) is 17.4. The number of nitrogens with zero attached hydrogens (tertiary/aromatic N) is 2. The Morgan fingerprint density at radius 2 is 1.83 bits per heavy atom. The van der Waals surface area contributed by atoms with Crippen molar-refractivity contribution in [3.05, 3.63) is 77.9 Å². The number of ether oxygens (including phenoxy) is 3. The number of methoxy groups -OCH3 is 1. The van der Waals surface area contributed by atoms with Crippen LogP contribution in [0.2, 0.25) is 0 Å². The maximum Gasteiger partial charge on any atom is 0.255 e. The summed E-state index contributed by atoms with van der Waals surface area (Å²) in [7, 11) is -2.66. The fourth-order valence-corrected chi connectivity index (χ4v) is 4.90. The number of aromatic hydroxyl groups is 1. The summed E-state index contributed by atoms with van der Waals surface area (Å²) >= 11 is 0. The van der Waals surface area contributed by atoms with Crippen LogP contribution in [0.3, 0.4) is 0 Å². The highest BCUT2D eigenvalue weighted by Crippen LogP contribution is 2.33. The van der Waals surface area contributed by atoms with Gasteiger partial charge in [0.1, 0.15) is 13.2 Å². The zero-order valence-electron chi connectivity index (χ0n) is 19.5. The van der Waals surface area contributed by atoms with Crippen molar-refractivity contribution in [1.82, 2.24) is 9.73 Å². The van der Waals surface area contributed by atoms with Gasteiger partial charge in [-0.05, 0) is 41.5 Å². The third-order valence-electron chi connectivity index (χ3n) is 5.28. The van der Waals surface area contributed by atoms with Crippen molar-refractivity contribution in [3.63, 3.8) is 0 Å². The highest BCUT2D eigenvalue weighted by Gasteiger charge is 2.28. The maximum absolute atomic E-state index is 13.5. The van der Waals surface area contributed by atoms with Gasteiger partial charge < -0.3 is 19.3 Å². The highest BCUT2D eigenvalue weighted by atomic mass is 32.2. The molecule has 0 atom stereocenters. The molecule has 4 rings (SSSR count). The van der Waals surface area contributed by atoms with Gasteiger partial charge in [-0.25, -0.2) is 13.8 Å². The first-order valence-corrected chi connectivity index (χ1v) is 12.4. The lowest BCUT2D eigenvalue weighted by Crippen LogP contribution is -2.39. The molecule has 0 unspecified atom stereocenters. The van der Waals surface area contributed by atoms with Crippen molar-refractivity contribution >= 4 is 22.1 Å². The van der Waals surface area contributed by atoms with Gasteiger partial charge in [-0.2, -0.15) is 9.41 Å². The molecule has 0 spiro atoms. The molecule has 0 aromatic heterocycles. The van der Waals surface area contributed by atoms with Crippen LogP contribution in [0.5, 0.6) is 23.0 Å². The van der Waals surface area contributed by atoms with Crippen LogP contribution < -0.4 is 19.6 Å². The zero-order valence-corrected chi connectivity index (χ0v) is 20.3. The van der Waals surface area contributed by atoms with E-state index in [0.717, 1.165) is 4.31 Å². The van der Waals surface area contributed by atoms with Crippen LogP contribution in [0, 0.1) is 0 Å². The molecule has 11 heteroatoms. The van der Waals surface area contributed by atoms with Gasteiger partial charge in [0.05, 0.1) is 24.8 Å². The number of fused-ring (bicyclic) bond motifs is 1. The van der Waals surface area contributed by atoms with Gasteiger partial charge in [0.25, 0.3) is 5.91 Å². The normalized spacial score (nSPS) is 13.1. The van der Waals surface area contributed by atoms with E-state index < -0.39 is 22.5 Å². The molecule has 1 heterocycles. The summed E-state index contributed by atoms with van der Waals surface area (Å²) < 4.78 is 44.2. The van der Waals surface area contributed by atoms with Crippen LogP contribution in [0.25, 0.3) is 0 Å². The number of sulfonamides is 1. The number of phenolic OH excluding ortho intramolecular Hbond substituents is 1. The molecule has 0 radical (unpaired) electrons. The number of carbonyl (C=O) groups is 1. The van der Waals surface area contributed by atoms with E-state index in [4.69, 9.17) is 14.2 Å². The number of carbonyl (C=O) groups excluding carboxylic acids is 1. The van der Waals surface area contributed by atoms with E-state index >= 15 is 0 Å². The minimum absolute atomic E-state index is 0.0184. The predicted molar refractivity (Wildman–Crippen MR) is 132 cm³/mol. The smallest absolute Gasteiger partial charge is 0.255 e. The monoisotopic (exact) mass is 511 g/mol. The summed E-state index contributed by atoms with van der Waals surface area (Å²) in [6, 6.07) is 17.9. The summed E-state index contributed by atoms with van der Waals surface area (Å²) in [5.74, 6) is 0.395. The number of amides is 1. The molecule has 0 saturated heterocycles. The van der Waals surface area contributed by atoms with Crippen molar-refractivity contribution in [2.24, 2.45) is 5.10 Å². The Bertz CT molecular complexity index is 1360. The first kappa shape index (κ1) is 25.0. The summed E-state index contributed by atoms with van der Waals surface area (Å²) in [6.45, 7) is 0.209. The molecule has 3 aromatic carbocycles. The Hall–Kier alpha value is -4.09. The average Bonchev–Trinajstić information content (AvgIpc) is 2.89. The van der Waals surface area contributed by atoms with Crippen molar-refractivity contribution in [2.45, 2.75) is 11.4 Å². The molecule has 10 nitrogen and oxygen atoms in total. The minimum atomic E-state index is -4.08. The average molecular weight is 512 g/mol. The highest BCUT2D eigenvalue weighted by molar-refractivity contribution is 7.89. The minimum Gasteiger partial charge on any atom is -0.504 e. The van der Waals surface area contributed by atoms with Crippen LogP contribution in [0.4, 0.5) is 0 Å². The van der Waals surface area contributed by atoms with Crippen molar-refractivity contribution in [1.29, 1.82) is 0 Å². The van der Waals surface area contributed by atoms with Gasteiger partial charge in [-0.15, -0.1) is 0 Å². The number of hydrogen-bond donors (Lipinski definition) is 2. The van der Waals surface area contributed by atoms with Crippen molar-refractivity contribution in [3.8, 4) is 23.0 Å². The zero-order chi connectivity index (χ0) is 25.5. The van der Waals surface area contributed by atoms with Crippen LogP contribution in [-0.2, 0) is 21.4 Å². The number of nitrogens with one attached hydrogen (secondary N) is 1. The molecule has 0 fully saturated rings. The van der Waals surface area contributed by atoms with E-state index in [1.807, 2.05) is 6.07 Å². The fraction of sp³-hybridized carbons (Fsp3) is 0.200. The van der Waals surface area contributed by atoms with Gasteiger partial charge in [-0.1, -0.05) is 30.3 Å². The van der Waals surface area contributed by atoms with Crippen molar-refractivity contribution in [2.75, 3.05) is 26.9 Å². The molecule has 188 valence electrons. The second-order valence-corrected chi connectivity index (χ2v) is 9.73. The molecule has 0 saturated carbocycles. The standard InChI is InChI=1S/C25H25N3O7S/c1-33-23-13-19(7-9-21(23)29)15-26-27-25(30)17-28(16-18-5-3-2-4-6-18)36(31,32)20-8-10-22-24(14-20)35-12-11-34-22/h2-10,13-15,29H,11-12,16-17H2,1H3,(H,27,30)/b26-15+. The molecule has 3 aromatic rings. The summed E-state index contributed by atoms with van der Waals surface area (Å²) in [5.41, 5.74) is 3.63. The largest absolute Gasteiger partial charge is 0.504 e.